The van der Waals surface area contributed by atoms with E-state index < -0.39 is 0 Å². The summed E-state index contributed by atoms with van der Waals surface area (Å²) in [7, 11) is 1.95. The zero-order chi connectivity index (χ0) is 14.4. The van der Waals surface area contributed by atoms with E-state index in [9.17, 15) is 0 Å². The average molecular weight is 388 g/mol. The van der Waals surface area contributed by atoms with Crippen LogP contribution < -0.4 is 3.11 Å². The molecule has 0 radical (unpaired) electrons. The lowest BCUT2D eigenvalue weighted by Gasteiger charge is -2.24. The van der Waals surface area contributed by atoms with Gasteiger partial charge in [-0.1, -0.05) is 47.7 Å². The maximum absolute atomic E-state index is 4.42. The molecule has 0 bridgehead atoms. The van der Waals surface area contributed by atoms with Crippen LogP contribution in [0.2, 0.25) is 0 Å². The third kappa shape index (κ3) is 1.95. The lowest BCUT2D eigenvalue weighted by Crippen LogP contribution is -2.13. The highest BCUT2D eigenvalue weighted by Gasteiger charge is 2.24. The van der Waals surface area contributed by atoms with Crippen LogP contribution in [-0.2, 0) is 13.6 Å². The number of hydrogen-bond donors (Lipinski definition) is 0. The van der Waals surface area contributed by atoms with Crippen LogP contribution in [0.3, 0.4) is 0 Å². The molecular formula is C16H13IN4. The molecule has 1 aliphatic rings. The van der Waals surface area contributed by atoms with Crippen LogP contribution >= 0.6 is 22.9 Å². The molecule has 0 aliphatic carbocycles. The zero-order valence-corrected chi connectivity index (χ0v) is 13.7. The minimum absolute atomic E-state index is 0.851. The van der Waals surface area contributed by atoms with Gasteiger partial charge in [-0.05, 0) is 11.6 Å². The molecule has 0 saturated heterocycles. The Hall–Kier alpha value is -1.89. The molecule has 0 fully saturated rings. The van der Waals surface area contributed by atoms with Crippen LogP contribution in [0, 0.1) is 0 Å². The Morgan fingerprint density at radius 1 is 1.00 bits per heavy atom. The van der Waals surface area contributed by atoms with Crippen LogP contribution in [0.5, 0.6) is 0 Å². The Morgan fingerprint density at radius 3 is 2.57 bits per heavy atom. The van der Waals surface area contributed by atoms with E-state index >= 15 is 0 Å². The second-order valence-electron chi connectivity index (χ2n) is 5.10. The van der Waals surface area contributed by atoms with Gasteiger partial charge in [-0.15, -0.1) is 5.10 Å². The highest BCUT2D eigenvalue weighted by Crippen LogP contribution is 2.41. The molecule has 104 valence electrons. The van der Waals surface area contributed by atoms with Crippen LogP contribution in [0.25, 0.3) is 22.5 Å². The first-order valence-corrected chi connectivity index (χ1v) is 7.73. The number of fused-ring (bicyclic) bond motifs is 5. The van der Waals surface area contributed by atoms with E-state index in [0.717, 1.165) is 23.5 Å². The van der Waals surface area contributed by atoms with Gasteiger partial charge in [0.2, 0.25) is 0 Å². The van der Waals surface area contributed by atoms with Gasteiger partial charge >= 0.3 is 0 Å². The van der Waals surface area contributed by atoms with Crippen molar-refractivity contribution in [2.45, 2.75) is 6.54 Å². The zero-order valence-electron chi connectivity index (χ0n) is 11.5. The summed E-state index contributed by atoms with van der Waals surface area (Å²) in [5.74, 6) is 0. The van der Waals surface area contributed by atoms with Crippen molar-refractivity contribution in [1.82, 2.24) is 15.0 Å². The number of rotatable bonds is 0. The van der Waals surface area contributed by atoms with Crippen LogP contribution in [-0.4, -0.2) is 15.0 Å². The van der Waals surface area contributed by atoms with Crippen LogP contribution in [0.15, 0.2) is 48.5 Å². The predicted octanol–water partition coefficient (Wildman–Crippen LogP) is 3.82. The molecule has 2 heterocycles. The average Bonchev–Trinajstić information content (AvgIpc) is 2.87. The van der Waals surface area contributed by atoms with Crippen molar-refractivity contribution in [3.8, 4) is 22.5 Å². The van der Waals surface area contributed by atoms with Gasteiger partial charge in [0.1, 0.15) is 5.69 Å². The van der Waals surface area contributed by atoms with Crippen molar-refractivity contribution in [3.05, 3.63) is 54.1 Å². The Balaban J connectivity index is 2.11. The number of aromatic nitrogens is 3. The molecule has 0 saturated carbocycles. The first-order chi connectivity index (χ1) is 10.3. The van der Waals surface area contributed by atoms with E-state index in [1.807, 2.05) is 11.7 Å². The topological polar surface area (TPSA) is 34.0 Å². The van der Waals surface area contributed by atoms with E-state index in [1.54, 1.807) is 0 Å². The maximum atomic E-state index is 4.42. The molecule has 0 spiro atoms. The highest BCUT2D eigenvalue weighted by atomic mass is 127. The first kappa shape index (κ1) is 12.8. The standard InChI is InChI=1S/C16H13IN4/c1-20-16-13-8-4-5-9-14(13)21(17)10-11-6-2-3-7-12(11)15(16)18-19-20/h2-9H,10H2,1H3. The molecule has 0 N–H and O–H groups in total. The van der Waals surface area contributed by atoms with Crippen molar-refractivity contribution in [3.63, 3.8) is 0 Å². The lowest BCUT2D eigenvalue weighted by atomic mass is 9.97. The second-order valence-corrected chi connectivity index (χ2v) is 6.27. The van der Waals surface area contributed by atoms with E-state index in [4.69, 9.17) is 0 Å². The minimum atomic E-state index is 0.851. The van der Waals surface area contributed by atoms with Gasteiger partial charge in [0.25, 0.3) is 0 Å². The van der Waals surface area contributed by atoms with Crippen molar-refractivity contribution in [2.75, 3.05) is 3.11 Å². The second kappa shape index (κ2) is 4.84. The smallest absolute Gasteiger partial charge is 0.121 e. The molecule has 4 rings (SSSR count). The summed E-state index contributed by atoms with van der Waals surface area (Å²) in [6.07, 6.45) is 0. The normalized spacial score (nSPS) is 13.0. The summed E-state index contributed by atoms with van der Waals surface area (Å²) in [6, 6.07) is 16.8. The van der Waals surface area contributed by atoms with E-state index in [1.165, 1.54) is 16.8 Å². The van der Waals surface area contributed by atoms with Gasteiger partial charge < -0.3 is 3.11 Å². The molecule has 1 aliphatic heterocycles. The Bertz CT molecular complexity index is 825. The first-order valence-electron chi connectivity index (χ1n) is 6.76. The Morgan fingerprint density at radius 2 is 1.71 bits per heavy atom. The molecule has 0 unspecified atom stereocenters. The van der Waals surface area contributed by atoms with Gasteiger partial charge in [0, 0.05) is 18.2 Å². The van der Waals surface area contributed by atoms with Crippen molar-refractivity contribution < 1.29 is 0 Å². The molecule has 5 heteroatoms. The van der Waals surface area contributed by atoms with Gasteiger partial charge in [0.15, 0.2) is 0 Å². The van der Waals surface area contributed by atoms with E-state index in [-0.39, 0.29) is 0 Å². The minimum Gasteiger partial charge on any atom is -0.310 e. The summed E-state index contributed by atoms with van der Waals surface area (Å²) < 4.78 is 4.11. The summed E-state index contributed by atoms with van der Waals surface area (Å²) in [6.45, 7) is 0.851. The largest absolute Gasteiger partial charge is 0.310 e. The summed E-state index contributed by atoms with van der Waals surface area (Å²) in [5, 5.41) is 8.67. The number of hydrogen-bond acceptors (Lipinski definition) is 3. The molecule has 0 atom stereocenters. The van der Waals surface area contributed by atoms with Gasteiger partial charge in [-0.25, -0.2) is 4.68 Å². The Labute approximate surface area is 136 Å². The quantitative estimate of drug-likeness (QED) is 0.434. The molecule has 2 aromatic carbocycles. The maximum Gasteiger partial charge on any atom is 0.121 e. The third-order valence-corrected chi connectivity index (χ3v) is 4.69. The molecule has 0 amide bonds. The molecule has 1 aromatic heterocycles. The fraction of sp³-hybridized carbons (Fsp3) is 0.125. The molecule has 21 heavy (non-hydrogen) atoms. The number of benzene rings is 2. The fourth-order valence-electron chi connectivity index (χ4n) is 2.85. The van der Waals surface area contributed by atoms with Gasteiger partial charge in [-0.2, -0.15) is 0 Å². The van der Waals surface area contributed by atoms with Crippen molar-refractivity contribution >= 4 is 28.6 Å². The highest BCUT2D eigenvalue weighted by molar-refractivity contribution is 14.1. The van der Waals surface area contributed by atoms with Crippen LogP contribution in [0.4, 0.5) is 5.69 Å². The van der Waals surface area contributed by atoms with Crippen LogP contribution in [0.1, 0.15) is 5.56 Å². The molecular weight excluding hydrogens is 375 g/mol. The van der Waals surface area contributed by atoms with Crippen molar-refractivity contribution in [1.29, 1.82) is 0 Å². The number of nitrogens with zero attached hydrogens (tertiary/aromatic N) is 4. The predicted molar refractivity (Wildman–Crippen MR) is 92.1 cm³/mol. The van der Waals surface area contributed by atoms with Crippen molar-refractivity contribution in [2.24, 2.45) is 7.05 Å². The van der Waals surface area contributed by atoms with Gasteiger partial charge in [-0.3, -0.25) is 0 Å². The Kier molecular flexibility index (Phi) is 2.95. The number of para-hydroxylation sites is 1. The number of halogens is 1. The monoisotopic (exact) mass is 388 g/mol. The summed E-state index contributed by atoms with van der Waals surface area (Å²) in [5.41, 5.74) is 6.83. The third-order valence-electron chi connectivity index (χ3n) is 3.83. The number of aryl methyl sites for hydroxylation is 1. The lowest BCUT2D eigenvalue weighted by molar-refractivity contribution is 0.721. The van der Waals surface area contributed by atoms with E-state index in [0.29, 0.717) is 0 Å². The van der Waals surface area contributed by atoms with E-state index in [2.05, 4.69) is 84.8 Å². The molecule has 4 nitrogen and oxygen atoms in total. The summed E-state index contributed by atoms with van der Waals surface area (Å²) >= 11 is 2.38. The SMILES string of the molecule is Cn1nnc2c1-c1ccccc1N(I)Cc1ccccc1-2. The summed E-state index contributed by atoms with van der Waals surface area (Å²) in [4.78, 5) is 0. The fourth-order valence-corrected chi connectivity index (χ4v) is 3.64. The molecule has 3 aromatic rings. The van der Waals surface area contributed by atoms with Gasteiger partial charge in [0.05, 0.1) is 40.8 Å². The number of anilines is 1.